The number of nitrogens with one attached hydrogen (secondary N) is 2. The molecule has 0 aliphatic heterocycles. The molecule has 4 nitrogen and oxygen atoms in total. The number of nitrogens with two attached hydrogens (primary N) is 1. The van der Waals surface area contributed by atoms with E-state index in [9.17, 15) is 13.6 Å². The molecule has 110 valence electrons. The average Bonchev–Trinajstić information content (AvgIpc) is 2.37. The SMILES string of the molecule is CC(N)c1ccc(NC(=O)Nc2cc(F)cc(F)c2)cc1. The lowest BCUT2D eigenvalue weighted by atomic mass is 10.1. The maximum absolute atomic E-state index is 13.0. The molecule has 6 heteroatoms. The standard InChI is InChI=1S/C15H15F2N3O/c1-9(18)10-2-4-13(5-3-10)19-15(21)20-14-7-11(16)6-12(17)8-14/h2-9H,18H2,1H3,(H2,19,20,21). The molecular weight excluding hydrogens is 276 g/mol. The zero-order valence-corrected chi connectivity index (χ0v) is 11.4. The fourth-order valence-electron chi connectivity index (χ4n) is 1.79. The molecule has 1 unspecified atom stereocenters. The summed E-state index contributed by atoms with van der Waals surface area (Å²) in [5.74, 6) is -1.52. The molecule has 2 amide bonds. The summed E-state index contributed by atoms with van der Waals surface area (Å²) in [4.78, 5) is 11.7. The summed E-state index contributed by atoms with van der Waals surface area (Å²) < 4.78 is 26.0. The first kappa shape index (κ1) is 14.9. The monoisotopic (exact) mass is 291 g/mol. The summed E-state index contributed by atoms with van der Waals surface area (Å²) in [6.45, 7) is 1.85. The van der Waals surface area contributed by atoms with Gasteiger partial charge in [0.2, 0.25) is 0 Å². The zero-order chi connectivity index (χ0) is 15.4. The molecule has 0 fully saturated rings. The minimum absolute atomic E-state index is 0.0391. The Morgan fingerprint density at radius 3 is 2.05 bits per heavy atom. The summed E-state index contributed by atoms with van der Waals surface area (Å²) in [5, 5.41) is 4.91. The number of amides is 2. The molecule has 0 saturated heterocycles. The topological polar surface area (TPSA) is 67.1 Å². The summed E-state index contributed by atoms with van der Waals surface area (Å²) in [6, 6.07) is 9.09. The number of carbonyl (C=O) groups is 1. The molecule has 0 bridgehead atoms. The average molecular weight is 291 g/mol. The second-order valence-electron chi connectivity index (χ2n) is 4.65. The first-order valence-corrected chi connectivity index (χ1v) is 6.33. The van der Waals surface area contributed by atoms with Crippen molar-refractivity contribution in [3.8, 4) is 0 Å². The molecule has 0 aliphatic rings. The summed E-state index contributed by atoms with van der Waals surface area (Å²) in [6.07, 6.45) is 0. The van der Waals surface area contributed by atoms with E-state index in [4.69, 9.17) is 5.73 Å². The largest absolute Gasteiger partial charge is 0.324 e. The van der Waals surface area contributed by atoms with Gasteiger partial charge in [0.1, 0.15) is 11.6 Å². The number of hydrogen-bond donors (Lipinski definition) is 3. The van der Waals surface area contributed by atoms with Crippen molar-refractivity contribution in [1.29, 1.82) is 0 Å². The van der Waals surface area contributed by atoms with Crippen molar-refractivity contribution in [3.63, 3.8) is 0 Å². The molecule has 4 N–H and O–H groups in total. The number of halogens is 2. The second kappa shape index (κ2) is 6.32. The molecule has 0 radical (unpaired) electrons. The van der Waals surface area contributed by atoms with Crippen molar-refractivity contribution in [2.45, 2.75) is 13.0 Å². The van der Waals surface area contributed by atoms with Gasteiger partial charge >= 0.3 is 6.03 Å². The smallest absolute Gasteiger partial charge is 0.323 e. The van der Waals surface area contributed by atoms with E-state index in [1.165, 1.54) is 0 Å². The normalized spacial score (nSPS) is 11.8. The Balaban J connectivity index is 2.01. The first-order valence-electron chi connectivity index (χ1n) is 6.33. The number of hydrogen-bond acceptors (Lipinski definition) is 2. The summed E-state index contributed by atoms with van der Waals surface area (Å²) in [7, 11) is 0. The Kier molecular flexibility index (Phi) is 4.49. The van der Waals surface area contributed by atoms with Gasteiger partial charge in [-0.05, 0) is 36.8 Å². The number of carbonyl (C=O) groups excluding carboxylic acids is 1. The maximum atomic E-state index is 13.0. The van der Waals surface area contributed by atoms with E-state index in [0.717, 1.165) is 23.8 Å². The summed E-state index contributed by atoms with van der Waals surface area (Å²) >= 11 is 0. The molecule has 2 rings (SSSR count). The number of rotatable bonds is 3. The van der Waals surface area contributed by atoms with E-state index < -0.39 is 17.7 Å². The Morgan fingerprint density at radius 1 is 1.00 bits per heavy atom. The van der Waals surface area contributed by atoms with Gasteiger partial charge in [-0.15, -0.1) is 0 Å². The molecule has 0 aromatic heterocycles. The van der Waals surface area contributed by atoms with Crippen molar-refractivity contribution in [2.24, 2.45) is 5.73 Å². The third kappa shape index (κ3) is 4.25. The number of benzene rings is 2. The third-order valence-electron chi connectivity index (χ3n) is 2.81. The Morgan fingerprint density at radius 2 is 1.52 bits per heavy atom. The lowest BCUT2D eigenvalue weighted by Crippen LogP contribution is -2.19. The van der Waals surface area contributed by atoms with E-state index in [-0.39, 0.29) is 11.7 Å². The van der Waals surface area contributed by atoms with Gasteiger partial charge in [-0.25, -0.2) is 13.6 Å². The lowest BCUT2D eigenvalue weighted by molar-refractivity contribution is 0.262. The Labute approximate surface area is 121 Å². The number of urea groups is 1. The van der Waals surface area contributed by atoms with Crippen LogP contribution in [-0.4, -0.2) is 6.03 Å². The Hall–Kier alpha value is -2.47. The predicted molar refractivity (Wildman–Crippen MR) is 78.0 cm³/mol. The highest BCUT2D eigenvalue weighted by Crippen LogP contribution is 2.16. The quantitative estimate of drug-likeness (QED) is 0.808. The van der Waals surface area contributed by atoms with Gasteiger partial charge in [0.05, 0.1) is 0 Å². The van der Waals surface area contributed by atoms with Crippen molar-refractivity contribution in [3.05, 3.63) is 59.7 Å². The highest BCUT2D eigenvalue weighted by Gasteiger charge is 2.06. The molecule has 1 atom stereocenters. The Bertz CT molecular complexity index is 622. The van der Waals surface area contributed by atoms with Gasteiger partial charge in [0, 0.05) is 23.5 Å². The number of anilines is 2. The van der Waals surface area contributed by atoms with Crippen LogP contribution in [0.3, 0.4) is 0 Å². The molecule has 2 aromatic carbocycles. The predicted octanol–water partition coefficient (Wildman–Crippen LogP) is 3.63. The van der Waals surface area contributed by atoms with Crippen LogP contribution in [0, 0.1) is 11.6 Å². The van der Waals surface area contributed by atoms with Gasteiger partial charge in [-0.3, -0.25) is 0 Å². The fraction of sp³-hybridized carbons (Fsp3) is 0.133. The highest BCUT2D eigenvalue weighted by atomic mass is 19.1. The molecule has 0 spiro atoms. The van der Waals surface area contributed by atoms with Gasteiger partial charge in [0.25, 0.3) is 0 Å². The van der Waals surface area contributed by atoms with Gasteiger partial charge in [0.15, 0.2) is 0 Å². The van der Waals surface area contributed by atoms with Crippen LogP contribution in [0.15, 0.2) is 42.5 Å². The molecular formula is C15H15F2N3O. The molecule has 0 aliphatic carbocycles. The molecule has 21 heavy (non-hydrogen) atoms. The van der Waals surface area contributed by atoms with Crippen LogP contribution in [0.4, 0.5) is 25.0 Å². The lowest BCUT2D eigenvalue weighted by Gasteiger charge is -2.10. The van der Waals surface area contributed by atoms with E-state index in [2.05, 4.69) is 10.6 Å². The summed E-state index contributed by atoms with van der Waals surface area (Å²) in [5.41, 5.74) is 7.25. The highest BCUT2D eigenvalue weighted by molar-refractivity contribution is 5.99. The molecule has 0 heterocycles. The van der Waals surface area contributed by atoms with Crippen molar-refractivity contribution >= 4 is 17.4 Å². The van der Waals surface area contributed by atoms with Crippen molar-refractivity contribution in [1.82, 2.24) is 0 Å². The van der Waals surface area contributed by atoms with Gasteiger partial charge in [-0.2, -0.15) is 0 Å². The second-order valence-corrected chi connectivity index (χ2v) is 4.65. The minimum Gasteiger partial charge on any atom is -0.324 e. The minimum atomic E-state index is -0.758. The van der Waals surface area contributed by atoms with Gasteiger partial charge in [-0.1, -0.05) is 12.1 Å². The van der Waals surface area contributed by atoms with Crippen LogP contribution in [0.25, 0.3) is 0 Å². The van der Waals surface area contributed by atoms with E-state index in [1.807, 2.05) is 6.92 Å². The van der Waals surface area contributed by atoms with Crippen LogP contribution < -0.4 is 16.4 Å². The zero-order valence-electron chi connectivity index (χ0n) is 11.4. The van der Waals surface area contributed by atoms with E-state index in [0.29, 0.717) is 5.69 Å². The first-order chi connectivity index (χ1) is 9.94. The molecule has 0 saturated carbocycles. The van der Waals surface area contributed by atoms with Crippen LogP contribution in [0.5, 0.6) is 0 Å². The third-order valence-corrected chi connectivity index (χ3v) is 2.81. The van der Waals surface area contributed by atoms with E-state index in [1.54, 1.807) is 24.3 Å². The fourth-order valence-corrected chi connectivity index (χ4v) is 1.79. The van der Waals surface area contributed by atoms with Crippen molar-refractivity contribution in [2.75, 3.05) is 10.6 Å². The van der Waals surface area contributed by atoms with Crippen LogP contribution >= 0.6 is 0 Å². The van der Waals surface area contributed by atoms with Crippen LogP contribution in [0.1, 0.15) is 18.5 Å². The van der Waals surface area contributed by atoms with Gasteiger partial charge < -0.3 is 16.4 Å². The van der Waals surface area contributed by atoms with E-state index >= 15 is 0 Å². The van der Waals surface area contributed by atoms with Crippen molar-refractivity contribution < 1.29 is 13.6 Å². The molecule has 2 aromatic rings. The maximum Gasteiger partial charge on any atom is 0.323 e. The van der Waals surface area contributed by atoms with Crippen LogP contribution in [0.2, 0.25) is 0 Å². The van der Waals surface area contributed by atoms with Crippen LogP contribution in [-0.2, 0) is 0 Å².